The fraction of sp³-hybridized carbons (Fsp3) is 0.474. The van der Waals surface area contributed by atoms with Crippen LogP contribution in [0, 0.1) is 0 Å². The van der Waals surface area contributed by atoms with Crippen molar-refractivity contribution in [1.29, 1.82) is 0 Å². The van der Waals surface area contributed by atoms with Crippen LogP contribution >= 0.6 is 0 Å². The molecule has 26 heavy (non-hydrogen) atoms. The molecule has 1 amide bonds. The summed E-state index contributed by atoms with van der Waals surface area (Å²) in [7, 11) is -3.14. The molecule has 1 saturated carbocycles. The molecule has 1 heterocycles. The lowest BCUT2D eigenvalue weighted by Gasteiger charge is -2.11. The van der Waals surface area contributed by atoms with Gasteiger partial charge < -0.3 is 5.32 Å². The highest BCUT2D eigenvalue weighted by atomic mass is 32.2. The third kappa shape index (κ3) is 5.17. The van der Waals surface area contributed by atoms with Crippen LogP contribution in [0.1, 0.15) is 43.2 Å². The molecule has 3 rings (SSSR count). The van der Waals surface area contributed by atoms with Crippen LogP contribution in [-0.4, -0.2) is 35.1 Å². The van der Waals surface area contributed by atoms with Gasteiger partial charge in [0.05, 0.1) is 17.5 Å². The van der Waals surface area contributed by atoms with Crippen LogP contribution in [0.2, 0.25) is 0 Å². The highest BCUT2D eigenvalue weighted by Crippen LogP contribution is 2.25. The Bertz CT molecular complexity index is 808. The number of carbonyl (C=O) groups excluding carboxylic acids is 1. The summed E-state index contributed by atoms with van der Waals surface area (Å²) in [6, 6.07) is 9.83. The predicted molar refractivity (Wildman–Crippen MR) is 100 cm³/mol. The van der Waals surface area contributed by atoms with E-state index in [-0.39, 0.29) is 23.3 Å². The molecule has 1 aliphatic rings. The van der Waals surface area contributed by atoms with Crippen LogP contribution in [0.4, 0.5) is 0 Å². The van der Waals surface area contributed by atoms with E-state index in [2.05, 4.69) is 10.4 Å². The van der Waals surface area contributed by atoms with E-state index in [1.54, 1.807) is 6.20 Å². The third-order valence-electron chi connectivity index (χ3n) is 4.84. The van der Waals surface area contributed by atoms with Crippen molar-refractivity contribution >= 4 is 15.7 Å². The molecule has 0 bridgehead atoms. The van der Waals surface area contributed by atoms with Crippen LogP contribution < -0.4 is 5.32 Å². The molecular weight excluding hydrogens is 350 g/mol. The number of amides is 1. The Morgan fingerprint density at radius 2 is 1.85 bits per heavy atom. The fourth-order valence-corrected chi connectivity index (χ4v) is 5.14. The van der Waals surface area contributed by atoms with Gasteiger partial charge in [-0.1, -0.05) is 37.1 Å². The highest BCUT2D eigenvalue weighted by molar-refractivity contribution is 7.92. The molecule has 1 fully saturated rings. The number of carbonyl (C=O) groups is 1. The summed E-state index contributed by atoms with van der Waals surface area (Å²) in [4.78, 5) is 12.0. The first kappa shape index (κ1) is 18.6. The SMILES string of the molecule is O=C(CCS(=O)(=O)C1CCCC1)NCc1ccc(Cn2cccn2)cc1. The minimum absolute atomic E-state index is 0.0379. The quantitative estimate of drug-likeness (QED) is 0.768. The normalized spacial score (nSPS) is 15.2. The Labute approximate surface area is 154 Å². The van der Waals surface area contributed by atoms with Gasteiger partial charge in [0.1, 0.15) is 0 Å². The van der Waals surface area contributed by atoms with Crippen LogP contribution in [0.25, 0.3) is 0 Å². The first-order chi connectivity index (χ1) is 12.5. The monoisotopic (exact) mass is 375 g/mol. The van der Waals surface area contributed by atoms with E-state index in [4.69, 9.17) is 0 Å². The summed E-state index contributed by atoms with van der Waals surface area (Å²) in [6.45, 7) is 1.11. The number of rotatable bonds is 8. The van der Waals surface area contributed by atoms with E-state index in [0.717, 1.165) is 36.8 Å². The van der Waals surface area contributed by atoms with Crippen molar-refractivity contribution in [3.63, 3.8) is 0 Å². The molecule has 0 saturated heterocycles. The van der Waals surface area contributed by atoms with Crippen LogP contribution in [-0.2, 0) is 27.7 Å². The van der Waals surface area contributed by atoms with Crippen molar-refractivity contribution in [3.05, 3.63) is 53.9 Å². The van der Waals surface area contributed by atoms with Crippen molar-refractivity contribution < 1.29 is 13.2 Å². The number of nitrogens with one attached hydrogen (secondary N) is 1. The minimum atomic E-state index is -3.14. The summed E-state index contributed by atoms with van der Waals surface area (Å²) in [6.07, 6.45) is 7.14. The first-order valence-corrected chi connectivity index (χ1v) is 10.8. The second-order valence-corrected chi connectivity index (χ2v) is 9.22. The summed E-state index contributed by atoms with van der Waals surface area (Å²) in [5.74, 6) is -0.265. The minimum Gasteiger partial charge on any atom is -0.352 e. The molecular formula is C19H25N3O3S. The smallest absolute Gasteiger partial charge is 0.221 e. The summed E-state index contributed by atoms with van der Waals surface area (Å²) >= 11 is 0. The van der Waals surface area contributed by atoms with Gasteiger partial charge in [0.25, 0.3) is 0 Å². The molecule has 0 aliphatic heterocycles. The van der Waals surface area contributed by atoms with Gasteiger partial charge in [-0.15, -0.1) is 0 Å². The second-order valence-electron chi connectivity index (χ2n) is 6.82. The maximum Gasteiger partial charge on any atom is 0.221 e. The molecule has 0 radical (unpaired) electrons. The molecule has 1 aromatic carbocycles. The number of nitrogens with zero attached hydrogens (tertiary/aromatic N) is 2. The van der Waals surface area contributed by atoms with Crippen molar-refractivity contribution in [2.24, 2.45) is 0 Å². The number of hydrogen-bond acceptors (Lipinski definition) is 4. The van der Waals surface area contributed by atoms with E-state index in [0.29, 0.717) is 13.1 Å². The van der Waals surface area contributed by atoms with Crippen molar-refractivity contribution in [2.45, 2.75) is 50.4 Å². The van der Waals surface area contributed by atoms with Crippen molar-refractivity contribution in [2.75, 3.05) is 5.75 Å². The Kier molecular flexibility index (Phi) is 6.08. The van der Waals surface area contributed by atoms with Gasteiger partial charge in [0.2, 0.25) is 5.91 Å². The lowest BCUT2D eigenvalue weighted by molar-refractivity contribution is -0.120. The topological polar surface area (TPSA) is 81.1 Å². The molecule has 7 heteroatoms. The Morgan fingerprint density at radius 3 is 2.50 bits per heavy atom. The Hall–Kier alpha value is -2.15. The van der Waals surface area contributed by atoms with E-state index >= 15 is 0 Å². The zero-order valence-corrected chi connectivity index (χ0v) is 15.6. The van der Waals surface area contributed by atoms with Crippen molar-refractivity contribution in [3.8, 4) is 0 Å². The van der Waals surface area contributed by atoms with E-state index in [1.165, 1.54) is 0 Å². The summed E-state index contributed by atoms with van der Waals surface area (Å²) < 4.78 is 26.2. The fourth-order valence-electron chi connectivity index (χ4n) is 3.28. The summed E-state index contributed by atoms with van der Waals surface area (Å²) in [5, 5.41) is 6.74. The van der Waals surface area contributed by atoms with Gasteiger partial charge in [-0.2, -0.15) is 5.10 Å². The number of aromatic nitrogens is 2. The maximum absolute atomic E-state index is 12.2. The van der Waals surface area contributed by atoms with Crippen LogP contribution in [0.3, 0.4) is 0 Å². The van der Waals surface area contributed by atoms with Gasteiger partial charge in [-0.25, -0.2) is 8.42 Å². The van der Waals surface area contributed by atoms with E-state index in [1.807, 2.05) is 41.2 Å². The van der Waals surface area contributed by atoms with Crippen LogP contribution in [0.5, 0.6) is 0 Å². The lowest BCUT2D eigenvalue weighted by atomic mass is 10.1. The molecule has 1 aromatic heterocycles. The molecule has 0 spiro atoms. The number of hydrogen-bond donors (Lipinski definition) is 1. The van der Waals surface area contributed by atoms with Crippen molar-refractivity contribution in [1.82, 2.24) is 15.1 Å². The van der Waals surface area contributed by atoms with Gasteiger partial charge in [-0.05, 0) is 30.0 Å². The zero-order chi connectivity index (χ0) is 18.4. The third-order valence-corrected chi connectivity index (χ3v) is 7.10. The van der Waals surface area contributed by atoms with Gasteiger partial charge in [0.15, 0.2) is 9.84 Å². The van der Waals surface area contributed by atoms with E-state index in [9.17, 15) is 13.2 Å². The second kappa shape index (κ2) is 8.49. The maximum atomic E-state index is 12.2. The Balaban J connectivity index is 1.42. The van der Waals surface area contributed by atoms with E-state index < -0.39 is 9.84 Å². The van der Waals surface area contributed by atoms with Gasteiger partial charge >= 0.3 is 0 Å². The molecule has 0 unspecified atom stereocenters. The predicted octanol–water partition coefficient (Wildman–Crippen LogP) is 2.30. The molecule has 2 aromatic rings. The van der Waals surface area contributed by atoms with Gasteiger partial charge in [0, 0.05) is 25.4 Å². The van der Waals surface area contributed by atoms with Crippen LogP contribution in [0.15, 0.2) is 42.7 Å². The lowest BCUT2D eigenvalue weighted by Crippen LogP contribution is -2.28. The largest absolute Gasteiger partial charge is 0.352 e. The Morgan fingerprint density at radius 1 is 1.15 bits per heavy atom. The summed E-state index contributed by atoms with van der Waals surface area (Å²) in [5.41, 5.74) is 2.12. The van der Waals surface area contributed by atoms with Gasteiger partial charge in [-0.3, -0.25) is 9.48 Å². The molecule has 140 valence electrons. The highest BCUT2D eigenvalue weighted by Gasteiger charge is 2.28. The molecule has 0 atom stereocenters. The first-order valence-electron chi connectivity index (χ1n) is 9.06. The number of benzene rings is 1. The molecule has 1 aliphatic carbocycles. The standard InChI is InChI=1S/C19H25N3O3S/c23-19(10-13-26(24,25)18-4-1-2-5-18)20-14-16-6-8-17(9-7-16)15-22-12-3-11-21-22/h3,6-9,11-12,18H,1-2,4-5,10,13-15H2,(H,20,23). The average Bonchev–Trinajstić information content (AvgIpc) is 3.33. The zero-order valence-electron chi connectivity index (χ0n) is 14.8. The average molecular weight is 375 g/mol. The molecule has 6 nitrogen and oxygen atoms in total. The molecule has 1 N–H and O–H groups in total. The number of sulfone groups is 1.